The van der Waals surface area contributed by atoms with Crippen molar-refractivity contribution < 1.29 is 0 Å². The highest BCUT2D eigenvalue weighted by atomic mass is 32.2. The summed E-state index contributed by atoms with van der Waals surface area (Å²) in [4.78, 5) is 1.08. The van der Waals surface area contributed by atoms with Gasteiger partial charge in [0.25, 0.3) is 0 Å². The van der Waals surface area contributed by atoms with Gasteiger partial charge in [0.05, 0.1) is 10.9 Å². The first kappa shape index (κ1) is 20.0. The van der Waals surface area contributed by atoms with E-state index in [1.165, 1.54) is 5.57 Å². The van der Waals surface area contributed by atoms with E-state index in [-0.39, 0.29) is 10.9 Å². The number of allylic oxidation sites excluding steroid dienone is 11. The molecule has 0 aliphatic rings. The van der Waals surface area contributed by atoms with E-state index < -0.39 is 0 Å². The van der Waals surface area contributed by atoms with Crippen molar-refractivity contribution in [3.63, 3.8) is 0 Å². The van der Waals surface area contributed by atoms with Crippen LogP contribution in [0.1, 0.15) is 20.3 Å². The molecule has 0 aliphatic carbocycles. The molecule has 0 N–H and O–H groups in total. The summed E-state index contributed by atoms with van der Waals surface area (Å²) in [6.45, 7) is 19.8. The molecule has 0 radical (unpaired) electrons. The highest BCUT2D eigenvalue weighted by Crippen LogP contribution is 2.20. The van der Waals surface area contributed by atoms with E-state index >= 15 is 0 Å². The predicted molar refractivity (Wildman–Crippen MR) is 107 cm³/mol. The van der Waals surface area contributed by atoms with Crippen LogP contribution in [0.2, 0.25) is 0 Å². The molecule has 22 heavy (non-hydrogen) atoms. The zero-order valence-electron chi connectivity index (χ0n) is 13.8. The Kier molecular flexibility index (Phi) is 11.6. The lowest BCUT2D eigenvalue weighted by Gasteiger charge is -2.03. The molecule has 0 atom stereocenters. The van der Waals surface area contributed by atoms with E-state index in [2.05, 4.69) is 50.1 Å². The first-order chi connectivity index (χ1) is 10.6. The second kappa shape index (κ2) is 12.7. The van der Waals surface area contributed by atoms with E-state index in [1.807, 2.05) is 43.4 Å². The minimum Gasteiger partial charge on any atom is -0.0991 e. The lowest BCUT2D eigenvalue weighted by molar-refractivity contribution is 1.11. The van der Waals surface area contributed by atoms with Crippen LogP contribution in [0.5, 0.6) is 0 Å². The summed E-state index contributed by atoms with van der Waals surface area (Å²) in [5.41, 5.74) is 2.34. The van der Waals surface area contributed by atoms with Crippen LogP contribution >= 0.6 is 0 Å². The first-order valence-corrected chi connectivity index (χ1v) is 8.60. The number of hydrogen-bond donors (Lipinski definition) is 0. The number of hydrogen-bond acceptors (Lipinski definition) is 0. The molecule has 0 unspecified atom stereocenters. The minimum atomic E-state index is -0.159. The van der Waals surface area contributed by atoms with Crippen molar-refractivity contribution in [2.24, 2.45) is 0 Å². The zero-order valence-corrected chi connectivity index (χ0v) is 14.6. The van der Waals surface area contributed by atoms with Crippen molar-refractivity contribution in [3.05, 3.63) is 108 Å². The summed E-state index contributed by atoms with van der Waals surface area (Å²) < 4.78 is 0. The molecule has 116 valence electrons. The molecule has 0 aliphatic heterocycles. The van der Waals surface area contributed by atoms with Gasteiger partial charge in [-0.05, 0) is 43.7 Å². The molecule has 0 fully saturated rings. The normalized spacial score (nSPS) is 13.0. The minimum absolute atomic E-state index is 0.159. The molecule has 0 nitrogen and oxygen atoms in total. The molecule has 0 bridgehead atoms. The van der Waals surface area contributed by atoms with Crippen LogP contribution in [0, 0.1) is 0 Å². The Labute approximate surface area is 139 Å². The molecule has 0 rings (SSSR count). The Bertz CT molecular complexity index is 508. The fourth-order valence-corrected chi connectivity index (χ4v) is 2.79. The molecule has 0 spiro atoms. The molecule has 0 aromatic rings. The topological polar surface area (TPSA) is 0 Å². The molecule has 0 aromatic heterocycles. The summed E-state index contributed by atoms with van der Waals surface area (Å²) >= 11 is 0. The summed E-state index contributed by atoms with van der Waals surface area (Å²) in [5, 5.41) is 4.28. The Morgan fingerprint density at radius 1 is 0.864 bits per heavy atom. The van der Waals surface area contributed by atoms with E-state index in [0.29, 0.717) is 0 Å². The predicted octanol–water partition coefficient (Wildman–Crippen LogP) is 6.54. The van der Waals surface area contributed by atoms with Gasteiger partial charge in [-0.1, -0.05) is 68.7 Å². The summed E-state index contributed by atoms with van der Waals surface area (Å²) in [6.07, 6.45) is 18.4. The second-order valence-corrected chi connectivity index (χ2v) is 6.35. The molecule has 0 amide bonds. The van der Waals surface area contributed by atoms with Gasteiger partial charge in [0, 0.05) is 0 Å². The lowest BCUT2D eigenvalue weighted by Crippen LogP contribution is -1.96. The van der Waals surface area contributed by atoms with Crippen LogP contribution in [0.25, 0.3) is 0 Å². The maximum atomic E-state index is 4.23. The van der Waals surface area contributed by atoms with Crippen LogP contribution in [0.3, 0.4) is 0 Å². The highest BCUT2D eigenvalue weighted by Gasteiger charge is 2.15. The SMILES string of the molecule is C=C/C=C\C=C\[S+](/C=C/C=C\C=C)C(=C)/C=C(/CC)C(=C)C. The zero-order chi connectivity index (χ0) is 16.8. The second-order valence-electron chi connectivity index (χ2n) is 4.54. The Hall–Kier alpha value is -1.99. The summed E-state index contributed by atoms with van der Waals surface area (Å²) in [6, 6.07) is 0. The van der Waals surface area contributed by atoms with E-state index in [4.69, 9.17) is 0 Å². The van der Waals surface area contributed by atoms with Crippen molar-refractivity contribution in [2.45, 2.75) is 20.3 Å². The standard InChI is InChI=1S/C21H27S/c1-7-10-12-14-16-22(17-15-13-11-8-2)20(6)18-21(9-3)19(4)5/h7-8,10-18H,1-2,4,6,9H2,3,5H3/q+1/b12-10-,13-11-,16-14+,17-15+,21-18-. The van der Waals surface area contributed by atoms with Crippen molar-refractivity contribution >= 4 is 10.9 Å². The largest absolute Gasteiger partial charge is 0.158 e. The van der Waals surface area contributed by atoms with Gasteiger partial charge in [0.1, 0.15) is 10.8 Å². The van der Waals surface area contributed by atoms with Gasteiger partial charge in [-0.3, -0.25) is 0 Å². The van der Waals surface area contributed by atoms with Crippen LogP contribution in [-0.4, -0.2) is 0 Å². The third-order valence-corrected chi connectivity index (χ3v) is 4.36. The van der Waals surface area contributed by atoms with Crippen LogP contribution in [0.4, 0.5) is 0 Å². The van der Waals surface area contributed by atoms with Crippen LogP contribution < -0.4 is 0 Å². The van der Waals surface area contributed by atoms with Crippen molar-refractivity contribution in [1.29, 1.82) is 0 Å². The highest BCUT2D eigenvalue weighted by molar-refractivity contribution is 8.06. The summed E-state index contributed by atoms with van der Waals surface area (Å²) in [5.74, 6) is 0. The smallest absolute Gasteiger partial charge is 0.0991 e. The van der Waals surface area contributed by atoms with Crippen molar-refractivity contribution in [3.8, 4) is 0 Å². The molecule has 0 saturated carbocycles. The summed E-state index contributed by atoms with van der Waals surface area (Å²) in [7, 11) is -0.159. The average molecular weight is 312 g/mol. The van der Waals surface area contributed by atoms with E-state index in [1.54, 1.807) is 12.2 Å². The molecular weight excluding hydrogens is 284 g/mol. The fraction of sp³-hybridized carbons (Fsp3) is 0.143. The van der Waals surface area contributed by atoms with Gasteiger partial charge in [-0.2, -0.15) is 0 Å². The van der Waals surface area contributed by atoms with E-state index in [0.717, 1.165) is 16.9 Å². The van der Waals surface area contributed by atoms with Crippen molar-refractivity contribution in [1.82, 2.24) is 0 Å². The quantitative estimate of drug-likeness (QED) is 0.317. The molecule has 0 saturated heterocycles. The molecule has 1 heteroatoms. The maximum Gasteiger partial charge on any atom is 0.158 e. The lowest BCUT2D eigenvalue weighted by atomic mass is 10.1. The maximum absolute atomic E-state index is 4.23. The van der Waals surface area contributed by atoms with Crippen molar-refractivity contribution in [2.75, 3.05) is 0 Å². The Balaban J connectivity index is 5.27. The molecule has 0 aromatic carbocycles. The monoisotopic (exact) mass is 311 g/mol. The third-order valence-electron chi connectivity index (χ3n) is 2.73. The van der Waals surface area contributed by atoms with Gasteiger partial charge in [0.15, 0.2) is 4.91 Å². The molecular formula is C21H27S+. The van der Waals surface area contributed by atoms with Gasteiger partial charge < -0.3 is 0 Å². The first-order valence-electron chi connectivity index (χ1n) is 7.25. The number of rotatable bonds is 10. The van der Waals surface area contributed by atoms with Gasteiger partial charge in [0.2, 0.25) is 0 Å². The van der Waals surface area contributed by atoms with E-state index in [9.17, 15) is 0 Å². The van der Waals surface area contributed by atoms with Gasteiger partial charge in [-0.15, -0.1) is 0 Å². The Morgan fingerprint density at radius 3 is 1.73 bits per heavy atom. The Morgan fingerprint density at radius 2 is 1.36 bits per heavy atom. The van der Waals surface area contributed by atoms with Crippen LogP contribution in [-0.2, 0) is 10.9 Å². The third kappa shape index (κ3) is 9.04. The molecule has 0 heterocycles. The van der Waals surface area contributed by atoms with Gasteiger partial charge >= 0.3 is 0 Å². The van der Waals surface area contributed by atoms with Crippen LogP contribution in [0.15, 0.2) is 108 Å². The fourth-order valence-electron chi connectivity index (χ4n) is 1.56. The average Bonchev–Trinajstić information content (AvgIpc) is 2.50. The van der Waals surface area contributed by atoms with Gasteiger partial charge in [-0.25, -0.2) is 0 Å².